The van der Waals surface area contributed by atoms with Crippen molar-refractivity contribution in [3.05, 3.63) is 52.3 Å². The first-order chi connectivity index (χ1) is 10.0. The van der Waals surface area contributed by atoms with Crippen molar-refractivity contribution in [2.24, 2.45) is 0 Å². The number of aromatic nitrogens is 2. The molecule has 0 unspecified atom stereocenters. The highest BCUT2D eigenvalue weighted by Crippen LogP contribution is 2.23. The van der Waals surface area contributed by atoms with E-state index in [0.29, 0.717) is 22.9 Å². The summed E-state index contributed by atoms with van der Waals surface area (Å²) < 4.78 is 7.01. The van der Waals surface area contributed by atoms with Crippen LogP contribution in [0.5, 0.6) is 5.75 Å². The number of ether oxygens (including phenoxy) is 1. The van der Waals surface area contributed by atoms with Gasteiger partial charge in [-0.25, -0.2) is 4.79 Å². The molecule has 5 nitrogen and oxygen atoms in total. The van der Waals surface area contributed by atoms with Crippen LogP contribution < -0.4 is 4.74 Å². The van der Waals surface area contributed by atoms with Gasteiger partial charge in [0.15, 0.2) is 0 Å². The van der Waals surface area contributed by atoms with Crippen LogP contribution in [0.3, 0.4) is 0 Å². The summed E-state index contributed by atoms with van der Waals surface area (Å²) in [4.78, 5) is 10.6. The third kappa shape index (κ3) is 3.64. The molecule has 0 bridgehead atoms. The molecule has 0 atom stereocenters. The maximum absolute atomic E-state index is 10.6. The lowest BCUT2D eigenvalue weighted by Crippen LogP contribution is -2.04. The Kier molecular flexibility index (Phi) is 4.65. The zero-order valence-corrected chi connectivity index (χ0v) is 12.5. The summed E-state index contributed by atoms with van der Waals surface area (Å²) in [5.74, 6) is -0.386. The van der Waals surface area contributed by atoms with Crippen molar-refractivity contribution in [2.75, 3.05) is 7.11 Å². The number of carboxylic acid groups (broad SMARTS) is 1. The number of nitrogens with zero attached hydrogens (tertiary/aromatic N) is 2. The van der Waals surface area contributed by atoms with Crippen LogP contribution in [-0.4, -0.2) is 28.0 Å². The largest absolute Gasteiger partial charge is 0.496 e. The van der Waals surface area contributed by atoms with E-state index in [2.05, 4.69) is 5.10 Å². The molecule has 2 aromatic rings. The lowest BCUT2D eigenvalue weighted by molar-refractivity contribution is -0.131. The number of carbonyl (C=O) groups is 1. The van der Waals surface area contributed by atoms with Gasteiger partial charge in [-0.1, -0.05) is 17.7 Å². The number of carboxylic acids is 1. The average molecular weight is 307 g/mol. The third-order valence-corrected chi connectivity index (χ3v) is 3.45. The third-order valence-electron chi connectivity index (χ3n) is 3.08. The summed E-state index contributed by atoms with van der Waals surface area (Å²) >= 11 is 5.98. The number of aliphatic carboxylic acids is 1. The molecule has 0 aliphatic rings. The first-order valence-corrected chi connectivity index (χ1v) is 6.65. The van der Waals surface area contributed by atoms with Crippen molar-refractivity contribution in [3.63, 3.8) is 0 Å². The second-order valence-electron chi connectivity index (χ2n) is 4.48. The molecule has 110 valence electrons. The molecule has 1 heterocycles. The van der Waals surface area contributed by atoms with E-state index in [9.17, 15) is 4.79 Å². The van der Waals surface area contributed by atoms with E-state index in [-0.39, 0.29) is 0 Å². The van der Waals surface area contributed by atoms with Crippen molar-refractivity contribution in [2.45, 2.75) is 13.5 Å². The molecule has 0 aliphatic heterocycles. The number of hydrogen-bond acceptors (Lipinski definition) is 3. The van der Waals surface area contributed by atoms with Crippen molar-refractivity contribution in [1.29, 1.82) is 0 Å². The molecule has 1 aromatic carbocycles. The minimum absolute atomic E-state index is 0.552. The summed E-state index contributed by atoms with van der Waals surface area (Å²) in [6.07, 6.45) is 4.19. The normalized spacial score (nSPS) is 11.0. The smallest absolute Gasteiger partial charge is 0.328 e. The highest BCUT2D eigenvalue weighted by Gasteiger charge is 2.07. The van der Waals surface area contributed by atoms with Crippen molar-refractivity contribution >= 4 is 23.6 Å². The molecule has 2 rings (SSSR count). The van der Waals surface area contributed by atoms with Gasteiger partial charge in [-0.3, -0.25) is 4.68 Å². The zero-order valence-electron chi connectivity index (χ0n) is 11.7. The van der Waals surface area contributed by atoms with E-state index < -0.39 is 5.97 Å². The van der Waals surface area contributed by atoms with Gasteiger partial charge in [-0.15, -0.1) is 0 Å². The summed E-state index contributed by atoms with van der Waals surface area (Å²) in [7, 11) is 1.55. The fourth-order valence-corrected chi connectivity index (χ4v) is 2.07. The zero-order chi connectivity index (χ0) is 15.4. The lowest BCUT2D eigenvalue weighted by Gasteiger charge is -2.09. The van der Waals surface area contributed by atoms with Gasteiger partial charge in [0.05, 0.1) is 30.6 Å². The number of benzene rings is 1. The quantitative estimate of drug-likeness (QED) is 0.863. The first-order valence-electron chi connectivity index (χ1n) is 6.27. The number of hydrogen-bond donors (Lipinski definition) is 1. The Balaban J connectivity index is 2.31. The average Bonchev–Trinajstić information content (AvgIpc) is 2.77. The maximum atomic E-state index is 10.6. The van der Waals surface area contributed by atoms with Crippen molar-refractivity contribution in [3.8, 4) is 5.75 Å². The highest BCUT2D eigenvalue weighted by molar-refractivity contribution is 6.31. The van der Waals surface area contributed by atoms with Crippen LogP contribution in [0.2, 0.25) is 5.02 Å². The molecule has 6 heteroatoms. The van der Waals surface area contributed by atoms with Crippen LogP contribution in [0, 0.1) is 6.92 Å². The molecule has 21 heavy (non-hydrogen) atoms. The van der Waals surface area contributed by atoms with Gasteiger partial charge in [0, 0.05) is 11.6 Å². The van der Waals surface area contributed by atoms with Gasteiger partial charge in [0.2, 0.25) is 0 Å². The van der Waals surface area contributed by atoms with Gasteiger partial charge < -0.3 is 9.84 Å². The Hall–Kier alpha value is -2.27. The standard InChI is InChI=1S/C15H15ClN2O3/c1-10-13(16)8-17-18(10)9-11-3-5-14(21-2)12(7-11)4-6-15(19)20/h3-8H,9H2,1-2H3,(H,19,20). The molecule has 0 fully saturated rings. The summed E-state index contributed by atoms with van der Waals surface area (Å²) in [6.45, 7) is 2.44. The predicted molar refractivity (Wildman–Crippen MR) is 80.7 cm³/mol. The fraction of sp³-hybridized carbons (Fsp3) is 0.200. The molecule has 0 aliphatic carbocycles. The van der Waals surface area contributed by atoms with Crippen LogP contribution in [-0.2, 0) is 11.3 Å². The predicted octanol–water partition coefficient (Wildman–Crippen LogP) is 3.00. The van der Waals surface area contributed by atoms with Gasteiger partial charge in [-0.2, -0.15) is 5.10 Å². The highest BCUT2D eigenvalue weighted by atomic mass is 35.5. The van der Waals surface area contributed by atoms with Gasteiger partial charge in [0.25, 0.3) is 0 Å². The molecular formula is C15H15ClN2O3. The Morgan fingerprint density at radius 2 is 2.29 bits per heavy atom. The van der Waals surface area contributed by atoms with Gasteiger partial charge in [0.1, 0.15) is 5.75 Å². The molecule has 0 amide bonds. The van der Waals surface area contributed by atoms with Crippen LogP contribution in [0.4, 0.5) is 0 Å². The molecule has 0 spiro atoms. The molecule has 0 saturated carbocycles. The second-order valence-corrected chi connectivity index (χ2v) is 4.89. The SMILES string of the molecule is COc1ccc(Cn2ncc(Cl)c2C)cc1C=CC(=O)O. The van der Waals surface area contributed by atoms with E-state index in [1.54, 1.807) is 24.1 Å². The van der Waals surface area contributed by atoms with Crippen LogP contribution in [0.15, 0.2) is 30.5 Å². The monoisotopic (exact) mass is 306 g/mol. The Morgan fingerprint density at radius 1 is 1.52 bits per heavy atom. The molecule has 1 aromatic heterocycles. The summed E-state index contributed by atoms with van der Waals surface area (Å²) in [5.41, 5.74) is 2.56. The molecule has 1 N–H and O–H groups in total. The van der Waals surface area contributed by atoms with Crippen LogP contribution in [0.1, 0.15) is 16.8 Å². The fourth-order valence-electron chi connectivity index (χ4n) is 1.93. The van der Waals surface area contributed by atoms with Crippen LogP contribution in [0.25, 0.3) is 6.08 Å². The summed E-state index contributed by atoms with van der Waals surface area (Å²) in [5, 5.41) is 13.5. The number of halogens is 1. The van der Waals surface area contributed by atoms with E-state index in [4.69, 9.17) is 21.4 Å². The first kappa shape index (κ1) is 15.1. The van der Waals surface area contributed by atoms with Crippen molar-refractivity contribution < 1.29 is 14.6 Å². The maximum Gasteiger partial charge on any atom is 0.328 e. The Bertz CT molecular complexity index is 692. The second kappa shape index (κ2) is 6.45. The molecule has 0 saturated heterocycles. The van der Waals surface area contributed by atoms with Gasteiger partial charge >= 0.3 is 5.97 Å². The van der Waals surface area contributed by atoms with Gasteiger partial charge in [-0.05, 0) is 30.7 Å². The number of methoxy groups -OCH3 is 1. The molecular weight excluding hydrogens is 292 g/mol. The lowest BCUT2D eigenvalue weighted by atomic mass is 10.1. The summed E-state index contributed by atoms with van der Waals surface area (Å²) in [6, 6.07) is 5.58. The minimum atomic E-state index is -1.00. The van der Waals surface area contributed by atoms with Crippen molar-refractivity contribution in [1.82, 2.24) is 9.78 Å². The van der Waals surface area contributed by atoms with E-state index in [1.807, 2.05) is 19.1 Å². The Morgan fingerprint density at radius 3 is 2.86 bits per heavy atom. The minimum Gasteiger partial charge on any atom is -0.496 e. The molecule has 0 radical (unpaired) electrons. The van der Waals surface area contributed by atoms with E-state index >= 15 is 0 Å². The van der Waals surface area contributed by atoms with E-state index in [1.165, 1.54) is 6.08 Å². The Labute approximate surface area is 127 Å². The topological polar surface area (TPSA) is 64.4 Å². The van der Waals surface area contributed by atoms with E-state index in [0.717, 1.165) is 17.3 Å². The number of rotatable bonds is 5. The van der Waals surface area contributed by atoms with Crippen LogP contribution >= 0.6 is 11.6 Å².